The molecule has 0 bridgehead atoms. The van der Waals surface area contributed by atoms with Gasteiger partial charge < -0.3 is 5.73 Å². The van der Waals surface area contributed by atoms with Crippen molar-refractivity contribution in [2.75, 3.05) is 6.54 Å². The van der Waals surface area contributed by atoms with Gasteiger partial charge in [-0.1, -0.05) is 31.9 Å². The molecule has 0 amide bonds. The Labute approximate surface area is 70.7 Å². The second kappa shape index (κ2) is 7.80. The van der Waals surface area contributed by atoms with E-state index in [9.17, 15) is 0 Å². The molecule has 1 heteroatoms. The summed E-state index contributed by atoms with van der Waals surface area (Å²) in [5, 5.41) is 0. The molecular weight excluding hydrogens is 134 g/mol. The van der Waals surface area contributed by atoms with Gasteiger partial charge in [-0.25, -0.2) is 0 Å². The summed E-state index contributed by atoms with van der Waals surface area (Å²) in [6.45, 7) is 6.98. The van der Waals surface area contributed by atoms with E-state index in [1.807, 2.05) is 0 Å². The fourth-order valence-electron chi connectivity index (χ4n) is 1.05. The van der Waals surface area contributed by atoms with E-state index in [0.29, 0.717) is 0 Å². The summed E-state index contributed by atoms with van der Waals surface area (Å²) < 4.78 is 0. The van der Waals surface area contributed by atoms with Gasteiger partial charge in [-0.3, -0.25) is 0 Å². The fourth-order valence-corrected chi connectivity index (χ4v) is 1.05. The average Bonchev–Trinajstić information content (AvgIpc) is 2.04. The maximum atomic E-state index is 5.38. The van der Waals surface area contributed by atoms with Gasteiger partial charge in [-0.2, -0.15) is 0 Å². The van der Waals surface area contributed by atoms with E-state index in [0.717, 1.165) is 13.0 Å². The van der Waals surface area contributed by atoms with Crippen molar-refractivity contribution in [1.82, 2.24) is 0 Å². The lowest BCUT2D eigenvalue weighted by atomic mass is 10.1. The molecule has 66 valence electrons. The van der Waals surface area contributed by atoms with E-state index in [1.165, 1.54) is 37.7 Å². The molecule has 0 fully saturated rings. The van der Waals surface area contributed by atoms with Crippen LogP contribution in [0.4, 0.5) is 0 Å². The molecule has 0 aliphatic rings. The van der Waals surface area contributed by atoms with Crippen LogP contribution >= 0.6 is 0 Å². The molecule has 0 aromatic heterocycles. The number of unbranched alkanes of at least 4 members (excludes halogenated alkanes) is 3. The largest absolute Gasteiger partial charge is 0.330 e. The van der Waals surface area contributed by atoms with Gasteiger partial charge in [-0.05, 0) is 32.2 Å². The van der Waals surface area contributed by atoms with E-state index < -0.39 is 0 Å². The highest BCUT2D eigenvalue weighted by molar-refractivity contribution is 4.91. The van der Waals surface area contributed by atoms with Crippen LogP contribution in [-0.4, -0.2) is 6.54 Å². The second-order valence-corrected chi connectivity index (χ2v) is 3.06. The van der Waals surface area contributed by atoms with E-state index >= 15 is 0 Å². The molecule has 0 heterocycles. The summed E-state index contributed by atoms with van der Waals surface area (Å²) >= 11 is 0. The van der Waals surface area contributed by atoms with Gasteiger partial charge in [0.25, 0.3) is 0 Å². The zero-order valence-corrected chi connectivity index (χ0v) is 7.73. The summed E-state index contributed by atoms with van der Waals surface area (Å²) in [5.41, 5.74) is 6.77. The number of hydrogen-bond acceptors (Lipinski definition) is 1. The van der Waals surface area contributed by atoms with Gasteiger partial charge >= 0.3 is 0 Å². The first-order valence-electron chi connectivity index (χ1n) is 4.68. The lowest BCUT2D eigenvalue weighted by molar-refractivity contribution is 0.640. The van der Waals surface area contributed by atoms with Crippen molar-refractivity contribution < 1.29 is 0 Å². The third-order valence-electron chi connectivity index (χ3n) is 1.98. The Bertz CT molecular complexity index is 97.0. The van der Waals surface area contributed by atoms with Crippen LogP contribution in [0.25, 0.3) is 0 Å². The maximum absolute atomic E-state index is 5.38. The molecule has 2 N–H and O–H groups in total. The number of rotatable bonds is 7. The van der Waals surface area contributed by atoms with Crippen LogP contribution in [-0.2, 0) is 0 Å². The smallest absolute Gasteiger partial charge is 0.00773 e. The van der Waals surface area contributed by atoms with Crippen molar-refractivity contribution >= 4 is 0 Å². The van der Waals surface area contributed by atoms with Crippen molar-refractivity contribution in [3.05, 3.63) is 12.2 Å². The Balaban J connectivity index is 2.95. The Morgan fingerprint density at radius 1 is 1.18 bits per heavy atom. The number of hydrogen-bond donors (Lipinski definition) is 1. The molecule has 0 unspecified atom stereocenters. The molecule has 0 rings (SSSR count). The van der Waals surface area contributed by atoms with Crippen LogP contribution in [0.1, 0.15) is 45.4 Å². The van der Waals surface area contributed by atoms with Crippen LogP contribution in [0.3, 0.4) is 0 Å². The highest BCUT2D eigenvalue weighted by Crippen LogP contribution is 2.10. The van der Waals surface area contributed by atoms with E-state index in [-0.39, 0.29) is 0 Å². The highest BCUT2D eigenvalue weighted by Gasteiger charge is 1.91. The van der Waals surface area contributed by atoms with E-state index in [4.69, 9.17) is 5.73 Å². The van der Waals surface area contributed by atoms with Crippen LogP contribution in [0.5, 0.6) is 0 Å². The topological polar surface area (TPSA) is 26.0 Å². The van der Waals surface area contributed by atoms with Gasteiger partial charge in [0.2, 0.25) is 0 Å². The molecule has 11 heavy (non-hydrogen) atoms. The lowest BCUT2D eigenvalue weighted by Gasteiger charge is -2.01. The van der Waals surface area contributed by atoms with E-state index in [1.54, 1.807) is 0 Å². The quantitative estimate of drug-likeness (QED) is 0.444. The predicted octanol–water partition coefficient (Wildman–Crippen LogP) is 2.86. The number of allylic oxidation sites excluding steroid dienone is 1. The van der Waals surface area contributed by atoms with Crippen LogP contribution in [0.2, 0.25) is 0 Å². The third kappa shape index (κ3) is 7.60. The first-order valence-corrected chi connectivity index (χ1v) is 4.68. The Hall–Kier alpha value is -0.300. The zero-order valence-electron chi connectivity index (χ0n) is 7.73. The Kier molecular flexibility index (Phi) is 7.59. The zero-order chi connectivity index (χ0) is 8.53. The second-order valence-electron chi connectivity index (χ2n) is 3.06. The van der Waals surface area contributed by atoms with Crippen molar-refractivity contribution in [3.63, 3.8) is 0 Å². The highest BCUT2D eigenvalue weighted by atomic mass is 14.5. The average molecular weight is 155 g/mol. The summed E-state index contributed by atoms with van der Waals surface area (Å²) in [7, 11) is 0. The fraction of sp³-hybridized carbons (Fsp3) is 0.800. The van der Waals surface area contributed by atoms with E-state index in [2.05, 4.69) is 13.5 Å². The summed E-state index contributed by atoms with van der Waals surface area (Å²) in [4.78, 5) is 0. The molecule has 0 aliphatic carbocycles. The first kappa shape index (κ1) is 10.7. The third-order valence-corrected chi connectivity index (χ3v) is 1.98. The summed E-state index contributed by atoms with van der Waals surface area (Å²) in [5.74, 6) is 0. The number of nitrogens with two attached hydrogens (primary N) is 1. The first-order chi connectivity index (χ1) is 5.31. The van der Waals surface area contributed by atoms with Gasteiger partial charge in [0.1, 0.15) is 0 Å². The standard InChI is InChI=1S/C10H21N/c1-3-10(2)8-6-4-5-7-9-11/h2-9,11H2,1H3. The van der Waals surface area contributed by atoms with Crippen molar-refractivity contribution in [3.8, 4) is 0 Å². The molecular formula is C10H21N. The monoisotopic (exact) mass is 155 g/mol. The molecule has 0 saturated heterocycles. The minimum absolute atomic E-state index is 0.842. The minimum Gasteiger partial charge on any atom is -0.330 e. The SMILES string of the molecule is C=C(CC)CCCCCCN. The Morgan fingerprint density at radius 3 is 2.36 bits per heavy atom. The summed E-state index contributed by atoms with van der Waals surface area (Å²) in [6, 6.07) is 0. The molecule has 0 atom stereocenters. The molecule has 0 spiro atoms. The van der Waals surface area contributed by atoms with Crippen LogP contribution < -0.4 is 5.73 Å². The van der Waals surface area contributed by atoms with Crippen molar-refractivity contribution in [2.24, 2.45) is 5.73 Å². The normalized spacial score (nSPS) is 10.0. The molecule has 0 radical (unpaired) electrons. The van der Waals surface area contributed by atoms with Crippen molar-refractivity contribution in [2.45, 2.75) is 45.4 Å². The molecule has 0 aliphatic heterocycles. The van der Waals surface area contributed by atoms with Crippen molar-refractivity contribution in [1.29, 1.82) is 0 Å². The molecule has 0 aromatic carbocycles. The van der Waals surface area contributed by atoms with Crippen LogP contribution in [0.15, 0.2) is 12.2 Å². The Morgan fingerprint density at radius 2 is 1.82 bits per heavy atom. The molecule has 0 saturated carbocycles. The maximum Gasteiger partial charge on any atom is -0.00773 e. The predicted molar refractivity (Wildman–Crippen MR) is 51.6 cm³/mol. The van der Waals surface area contributed by atoms with Gasteiger partial charge in [0, 0.05) is 0 Å². The molecule has 0 aromatic rings. The van der Waals surface area contributed by atoms with Crippen LogP contribution in [0, 0.1) is 0 Å². The van der Waals surface area contributed by atoms with Gasteiger partial charge in [0.15, 0.2) is 0 Å². The minimum atomic E-state index is 0.842. The molecule has 1 nitrogen and oxygen atoms in total. The van der Waals surface area contributed by atoms with Gasteiger partial charge in [0.05, 0.1) is 0 Å². The van der Waals surface area contributed by atoms with Gasteiger partial charge in [-0.15, -0.1) is 0 Å². The lowest BCUT2D eigenvalue weighted by Crippen LogP contribution is -1.97. The summed E-state index contributed by atoms with van der Waals surface area (Å²) in [6.07, 6.45) is 7.42.